The molecule has 1 aliphatic rings. The molecule has 1 aliphatic heterocycles. The zero-order valence-corrected chi connectivity index (χ0v) is 29.3. The summed E-state index contributed by atoms with van der Waals surface area (Å²) >= 11 is 6.22. The van der Waals surface area contributed by atoms with Gasteiger partial charge in [0.05, 0.1) is 13.2 Å². The highest BCUT2D eigenvalue weighted by Gasteiger charge is 2.45. The van der Waals surface area contributed by atoms with Gasteiger partial charge in [0.2, 0.25) is 11.2 Å². The van der Waals surface area contributed by atoms with E-state index in [-0.39, 0.29) is 47.9 Å². The summed E-state index contributed by atoms with van der Waals surface area (Å²) in [6.45, 7) is 2.82. The standard InChI is InChI=1S/C35H50ClN7O7/c1-2-3-4-5-6-7-8-9-10-11-12-13-14-15-16-17-18-19-27(44)38-20-22-48-23-21-39-35(47)49-24-26-29(45)30(46)33(50-26)43-32-28(42-34(43)36)31(37)40-25-41-32/h3-4,6-7,9-10,12-13,15-16,25-26,29-30,33,45-46H,2,5,8,11,14,17-24H2,1H3,(H,38,44)(H,39,47)(H2,37,40,41)/b4-3-,7-6-,10-9-,13-12-,16-15-/t26-,29-,30-,33?/m1/s1. The number of aliphatic hydroxyl groups is 2. The predicted octanol–water partition coefficient (Wildman–Crippen LogP) is 4.46. The molecule has 15 heteroatoms. The molecule has 274 valence electrons. The first-order chi connectivity index (χ1) is 24.3. The van der Waals surface area contributed by atoms with Crippen LogP contribution in [0.5, 0.6) is 0 Å². The molecule has 0 bridgehead atoms. The zero-order chi connectivity index (χ0) is 36.0. The van der Waals surface area contributed by atoms with Gasteiger partial charge in [0.1, 0.15) is 31.2 Å². The fourth-order valence-corrected chi connectivity index (χ4v) is 5.10. The fraction of sp³-hybridized carbons (Fsp3) is 0.514. The van der Waals surface area contributed by atoms with Crippen molar-refractivity contribution in [3.8, 4) is 0 Å². The largest absolute Gasteiger partial charge is 0.447 e. The number of carbonyl (C=O) groups is 2. The van der Waals surface area contributed by atoms with Gasteiger partial charge in [0.25, 0.3) is 0 Å². The number of nitrogen functional groups attached to an aromatic ring is 1. The average Bonchev–Trinajstić information content (AvgIpc) is 3.59. The Balaban J connectivity index is 1.15. The van der Waals surface area contributed by atoms with Crippen LogP contribution in [0.15, 0.2) is 67.1 Å². The van der Waals surface area contributed by atoms with Crippen LogP contribution in [0.3, 0.4) is 0 Å². The minimum absolute atomic E-state index is 0.0350. The smallest absolute Gasteiger partial charge is 0.407 e. The number of carbonyl (C=O) groups excluding carboxylic acids is 2. The number of aliphatic hydroxyl groups excluding tert-OH is 2. The van der Waals surface area contributed by atoms with Crippen LogP contribution >= 0.6 is 11.6 Å². The number of rotatable bonds is 22. The number of allylic oxidation sites excluding steroid dienone is 10. The molecule has 1 fully saturated rings. The van der Waals surface area contributed by atoms with E-state index in [0.29, 0.717) is 19.6 Å². The first-order valence-electron chi connectivity index (χ1n) is 17.0. The summed E-state index contributed by atoms with van der Waals surface area (Å²) in [6, 6.07) is 0. The van der Waals surface area contributed by atoms with Crippen molar-refractivity contribution in [2.24, 2.45) is 0 Å². The fourth-order valence-electron chi connectivity index (χ4n) is 4.84. The molecule has 2 amide bonds. The van der Waals surface area contributed by atoms with Crippen LogP contribution in [0.4, 0.5) is 10.6 Å². The number of alkyl carbamates (subject to hydrolysis) is 1. The Morgan fingerprint density at radius 2 is 1.56 bits per heavy atom. The number of ether oxygens (including phenoxy) is 3. The van der Waals surface area contributed by atoms with Gasteiger partial charge in [-0.15, -0.1) is 0 Å². The van der Waals surface area contributed by atoms with Gasteiger partial charge >= 0.3 is 6.09 Å². The normalized spacial score (nSPS) is 19.7. The minimum atomic E-state index is -1.41. The molecular formula is C35H50ClN7O7. The number of nitrogens with one attached hydrogen (secondary N) is 2. The topological polar surface area (TPSA) is 196 Å². The summed E-state index contributed by atoms with van der Waals surface area (Å²) in [5.74, 6) is 0.0602. The first-order valence-corrected chi connectivity index (χ1v) is 17.4. The number of nitrogens with two attached hydrogens (primary N) is 1. The number of anilines is 1. The van der Waals surface area contributed by atoms with Crippen molar-refractivity contribution >= 4 is 40.6 Å². The van der Waals surface area contributed by atoms with E-state index < -0.39 is 30.6 Å². The van der Waals surface area contributed by atoms with Gasteiger partial charge in [-0.25, -0.2) is 19.7 Å². The van der Waals surface area contributed by atoms with Gasteiger partial charge in [0.15, 0.2) is 23.2 Å². The Hall–Kier alpha value is -4.08. The lowest BCUT2D eigenvalue weighted by Gasteiger charge is -2.17. The van der Waals surface area contributed by atoms with Gasteiger partial charge in [0, 0.05) is 19.5 Å². The third-order valence-corrected chi connectivity index (χ3v) is 7.72. The third-order valence-electron chi connectivity index (χ3n) is 7.45. The number of aromatic nitrogens is 4. The predicted molar refractivity (Wildman–Crippen MR) is 192 cm³/mol. The molecule has 1 saturated heterocycles. The molecule has 4 atom stereocenters. The summed E-state index contributed by atoms with van der Waals surface area (Å²) in [4.78, 5) is 36.2. The van der Waals surface area contributed by atoms with Crippen LogP contribution in [-0.4, -0.2) is 93.0 Å². The molecule has 3 heterocycles. The summed E-state index contributed by atoms with van der Waals surface area (Å²) in [5.41, 5.74) is 6.26. The van der Waals surface area contributed by atoms with Crippen molar-refractivity contribution in [2.45, 2.75) is 82.8 Å². The van der Waals surface area contributed by atoms with Crippen LogP contribution < -0.4 is 16.4 Å². The summed E-state index contributed by atoms with van der Waals surface area (Å²) in [7, 11) is 0. The molecule has 0 aromatic carbocycles. The molecule has 6 N–H and O–H groups in total. The van der Waals surface area contributed by atoms with Crippen LogP contribution in [0, 0.1) is 0 Å². The second-order valence-corrected chi connectivity index (χ2v) is 11.7. The summed E-state index contributed by atoms with van der Waals surface area (Å²) < 4.78 is 17.6. The van der Waals surface area contributed by atoms with Crippen molar-refractivity contribution in [1.29, 1.82) is 0 Å². The second kappa shape index (κ2) is 23.3. The van der Waals surface area contributed by atoms with E-state index in [1.807, 2.05) is 0 Å². The number of halogens is 1. The minimum Gasteiger partial charge on any atom is -0.447 e. The molecule has 2 aromatic heterocycles. The highest BCUT2D eigenvalue weighted by atomic mass is 35.5. The third kappa shape index (κ3) is 14.0. The van der Waals surface area contributed by atoms with Crippen LogP contribution in [0.25, 0.3) is 11.2 Å². The maximum absolute atomic E-state index is 12.1. The molecule has 50 heavy (non-hydrogen) atoms. The molecule has 0 radical (unpaired) electrons. The number of hydrogen-bond acceptors (Lipinski definition) is 11. The highest BCUT2D eigenvalue weighted by Crippen LogP contribution is 2.35. The number of amides is 2. The molecule has 1 unspecified atom stereocenters. The number of hydrogen-bond donors (Lipinski definition) is 5. The van der Waals surface area contributed by atoms with Gasteiger partial charge in [-0.3, -0.25) is 9.36 Å². The zero-order valence-electron chi connectivity index (χ0n) is 28.5. The van der Waals surface area contributed by atoms with E-state index in [1.54, 1.807) is 0 Å². The van der Waals surface area contributed by atoms with E-state index >= 15 is 0 Å². The second-order valence-electron chi connectivity index (χ2n) is 11.3. The number of fused-ring (bicyclic) bond motifs is 1. The van der Waals surface area contributed by atoms with E-state index in [9.17, 15) is 19.8 Å². The highest BCUT2D eigenvalue weighted by molar-refractivity contribution is 6.29. The van der Waals surface area contributed by atoms with Crippen molar-refractivity contribution < 1.29 is 34.0 Å². The number of nitrogens with zero attached hydrogens (tertiary/aromatic N) is 4. The van der Waals surface area contributed by atoms with Gasteiger partial charge < -0.3 is 40.8 Å². The Labute approximate surface area is 298 Å². The molecule has 0 spiro atoms. The molecule has 2 aromatic rings. The average molecular weight is 716 g/mol. The van der Waals surface area contributed by atoms with E-state index in [4.69, 9.17) is 31.5 Å². The van der Waals surface area contributed by atoms with E-state index in [0.717, 1.165) is 44.9 Å². The van der Waals surface area contributed by atoms with Crippen molar-refractivity contribution in [3.63, 3.8) is 0 Å². The summed E-state index contributed by atoms with van der Waals surface area (Å²) in [5, 5.41) is 26.3. The lowest BCUT2D eigenvalue weighted by molar-refractivity contribution is -0.121. The van der Waals surface area contributed by atoms with Crippen molar-refractivity contribution in [3.05, 3.63) is 72.4 Å². The summed E-state index contributed by atoms with van der Waals surface area (Å²) in [6.07, 6.45) is 24.0. The van der Waals surface area contributed by atoms with Gasteiger partial charge in [-0.2, -0.15) is 0 Å². The van der Waals surface area contributed by atoms with E-state index in [2.05, 4.69) is 93.3 Å². The SMILES string of the molecule is CC/C=C\C/C=C\C/C=C\C/C=C\C/C=C\CCCC(=O)NCCOCCNC(=O)OC[C@H]1OC(n2c(Cl)nc3c(N)ncnc32)[C@H](O)[C@@H]1O. The maximum Gasteiger partial charge on any atom is 0.407 e. The van der Waals surface area contributed by atoms with Crippen molar-refractivity contribution in [1.82, 2.24) is 30.2 Å². The maximum atomic E-state index is 12.1. The Bertz CT molecular complexity index is 1480. The molecule has 0 aliphatic carbocycles. The lowest BCUT2D eigenvalue weighted by atomic mass is 10.1. The quantitative estimate of drug-likeness (QED) is 0.0656. The van der Waals surface area contributed by atoms with Gasteiger partial charge in [-0.1, -0.05) is 67.7 Å². The van der Waals surface area contributed by atoms with Gasteiger partial charge in [-0.05, 0) is 56.5 Å². The van der Waals surface area contributed by atoms with Crippen molar-refractivity contribution in [2.75, 3.05) is 38.6 Å². The van der Waals surface area contributed by atoms with E-state index in [1.165, 1.54) is 10.9 Å². The molecular weight excluding hydrogens is 666 g/mol. The van der Waals surface area contributed by atoms with Crippen LogP contribution in [0.1, 0.15) is 64.5 Å². The number of imidazole rings is 1. The molecule has 14 nitrogen and oxygen atoms in total. The Kier molecular flexibility index (Phi) is 18.8. The Morgan fingerprint density at radius 1 is 0.940 bits per heavy atom. The first kappa shape index (κ1) is 40.4. The van der Waals surface area contributed by atoms with Crippen LogP contribution in [-0.2, 0) is 19.0 Å². The van der Waals surface area contributed by atoms with Crippen LogP contribution in [0.2, 0.25) is 5.28 Å². The molecule has 0 saturated carbocycles. The Morgan fingerprint density at radius 3 is 2.22 bits per heavy atom. The number of unbranched alkanes of at least 4 members (excludes halogenated alkanes) is 1. The molecule has 3 rings (SSSR count). The lowest BCUT2D eigenvalue weighted by Crippen LogP contribution is -2.36. The monoisotopic (exact) mass is 715 g/mol.